The van der Waals surface area contributed by atoms with E-state index in [0.29, 0.717) is 19.6 Å². The number of carboxylic acid groups (broad SMARTS) is 1. The van der Waals surface area contributed by atoms with Gasteiger partial charge in [0.2, 0.25) is 0 Å². The van der Waals surface area contributed by atoms with Crippen LogP contribution in [0.2, 0.25) is 0 Å². The second kappa shape index (κ2) is 5.66. The zero-order chi connectivity index (χ0) is 12.3. The molecule has 2 heterocycles. The number of ether oxygens (including phenoxy) is 2. The van der Waals surface area contributed by atoms with Gasteiger partial charge in [0.1, 0.15) is 0 Å². The van der Waals surface area contributed by atoms with Crippen LogP contribution in [0.25, 0.3) is 0 Å². The number of rotatable bonds is 3. The third kappa shape index (κ3) is 3.08. The number of hydrogen-bond acceptors (Lipinski definition) is 4. The van der Waals surface area contributed by atoms with Crippen LogP contribution in [0.1, 0.15) is 25.7 Å². The van der Waals surface area contributed by atoms with E-state index in [2.05, 4.69) is 0 Å². The molecule has 2 saturated heterocycles. The Bertz CT molecular complexity index is 267. The first-order valence-electron chi connectivity index (χ1n) is 6.08. The number of amides is 1. The molecule has 1 unspecified atom stereocenters. The van der Waals surface area contributed by atoms with Crippen LogP contribution >= 0.6 is 0 Å². The molecule has 2 N–H and O–H groups in total. The minimum Gasteiger partial charge on any atom is -0.465 e. The molecule has 0 bridgehead atoms. The lowest BCUT2D eigenvalue weighted by Crippen LogP contribution is -2.37. The average molecular weight is 245 g/mol. The van der Waals surface area contributed by atoms with Crippen molar-refractivity contribution in [3.63, 3.8) is 0 Å². The van der Waals surface area contributed by atoms with Gasteiger partial charge in [-0.3, -0.25) is 0 Å². The van der Waals surface area contributed by atoms with Crippen molar-refractivity contribution in [2.75, 3.05) is 19.8 Å². The molecule has 0 saturated carbocycles. The van der Waals surface area contributed by atoms with Gasteiger partial charge in [-0.2, -0.15) is 0 Å². The number of likely N-dealkylation sites (tertiary alicyclic amines) is 1. The highest BCUT2D eigenvalue weighted by atomic mass is 16.7. The predicted octanol–water partition coefficient (Wildman–Crippen LogP) is 0.643. The molecule has 1 amide bonds. The molecule has 0 aliphatic carbocycles. The monoisotopic (exact) mass is 245 g/mol. The summed E-state index contributed by atoms with van der Waals surface area (Å²) in [6, 6.07) is -0.346. The summed E-state index contributed by atoms with van der Waals surface area (Å²) in [4.78, 5) is 12.2. The molecule has 0 aromatic heterocycles. The highest BCUT2D eigenvalue weighted by molar-refractivity contribution is 5.66. The Morgan fingerprint density at radius 1 is 1.47 bits per heavy atom. The van der Waals surface area contributed by atoms with Gasteiger partial charge >= 0.3 is 6.09 Å². The number of aliphatic hydroxyl groups is 1. The van der Waals surface area contributed by atoms with E-state index in [1.165, 1.54) is 4.90 Å². The fraction of sp³-hybridized carbons (Fsp3) is 0.909. The van der Waals surface area contributed by atoms with E-state index in [9.17, 15) is 4.79 Å². The van der Waals surface area contributed by atoms with E-state index < -0.39 is 6.09 Å². The summed E-state index contributed by atoms with van der Waals surface area (Å²) in [5, 5.41) is 18.1. The normalized spacial score (nSPS) is 33.9. The Balaban J connectivity index is 1.84. The summed E-state index contributed by atoms with van der Waals surface area (Å²) in [7, 11) is 0. The van der Waals surface area contributed by atoms with Crippen LogP contribution in [0.4, 0.5) is 4.79 Å². The SMILES string of the molecule is O=C(O)N1C[C@H](OC2CCCCO2)C[C@H]1CO. The molecule has 17 heavy (non-hydrogen) atoms. The molecular weight excluding hydrogens is 226 g/mol. The van der Waals surface area contributed by atoms with Gasteiger partial charge in [0.05, 0.1) is 25.3 Å². The molecule has 0 radical (unpaired) electrons. The predicted molar refractivity (Wildman–Crippen MR) is 58.7 cm³/mol. The van der Waals surface area contributed by atoms with E-state index in [1.54, 1.807) is 0 Å². The van der Waals surface area contributed by atoms with Crippen LogP contribution < -0.4 is 0 Å². The lowest BCUT2D eigenvalue weighted by atomic mass is 10.2. The summed E-state index contributed by atoms with van der Waals surface area (Å²) in [5.74, 6) is 0. The van der Waals surface area contributed by atoms with Gasteiger partial charge in [-0.15, -0.1) is 0 Å². The summed E-state index contributed by atoms with van der Waals surface area (Å²) in [6.07, 6.45) is 2.19. The van der Waals surface area contributed by atoms with Crippen molar-refractivity contribution in [2.24, 2.45) is 0 Å². The van der Waals surface area contributed by atoms with E-state index in [-0.39, 0.29) is 25.0 Å². The number of carbonyl (C=O) groups is 1. The Kier molecular flexibility index (Phi) is 4.20. The van der Waals surface area contributed by atoms with Crippen molar-refractivity contribution in [1.29, 1.82) is 0 Å². The largest absolute Gasteiger partial charge is 0.465 e. The molecule has 2 fully saturated rings. The number of hydrogen-bond donors (Lipinski definition) is 2. The topological polar surface area (TPSA) is 79.2 Å². The van der Waals surface area contributed by atoms with Crippen molar-refractivity contribution in [3.8, 4) is 0 Å². The van der Waals surface area contributed by atoms with Gasteiger partial charge < -0.3 is 24.6 Å². The first kappa shape index (κ1) is 12.6. The van der Waals surface area contributed by atoms with Crippen molar-refractivity contribution < 1.29 is 24.5 Å². The van der Waals surface area contributed by atoms with Crippen LogP contribution in [-0.4, -0.2) is 59.4 Å². The van der Waals surface area contributed by atoms with Gasteiger partial charge in [-0.05, 0) is 25.7 Å². The molecule has 98 valence electrons. The quantitative estimate of drug-likeness (QED) is 0.763. The maximum atomic E-state index is 10.9. The van der Waals surface area contributed by atoms with Gasteiger partial charge in [-0.25, -0.2) is 4.79 Å². The Hall–Kier alpha value is -0.850. The Labute approximate surface area is 100 Å². The first-order chi connectivity index (χ1) is 8.20. The van der Waals surface area contributed by atoms with Crippen LogP contribution in [-0.2, 0) is 9.47 Å². The smallest absolute Gasteiger partial charge is 0.407 e. The summed E-state index contributed by atoms with van der Waals surface area (Å²) in [6.45, 7) is 0.877. The highest BCUT2D eigenvalue weighted by Gasteiger charge is 2.36. The third-order valence-electron chi connectivity index (χ3n) is 3.31. The average Bonchev–Trinajstić information content (AvgIpc) is 2.73. The van der Waals surface area contributed by atoms with E-state index in [0.717, 1.165) is 19.3 Å². The molecule has 6 heteroatoms. The van der Waals surface area contributed by atoms with Crippen molar-refractivity contribution >= 4 is 6.09 Å². The van der Waals surface area contributed by atoms with Crippen LogP contribution in [0.3, 0.4) is 0 Å². The summed E-state index contributed by atoms with van der Waals surface area (Å²) in [5.41, 5.74) is 0. The number of nitrogens with zero attached hydrogens (tertiary/aromatic N) is 1. The standard InChI is InChI=1S/C11H19NO5/c13-7-8-5-9(6-12(8)11(14)15)17-10-3-1-2-4-16-10/h8-10,13H,1-7H2,(H,14,15)/t8-,9+,10?/m0/s1. The third-order valence-corrected chi connectivity index (χ3v) is 3.31. The zero-order valence-corrected chi connectivity index (χ0v) is 9.75. The Morgan fingerprint density at radius 2 is 2.29 bits per heavy atom. The van der Waals surface area contributed by atoms with E-state index >= 15 is 0 Å². The van der Waals surface area contributed by atoms with E-state index in [4.69, 9.17) is 19.7 Å². The molecule has 2 rings (SSSR count). The second-order valence-electron chi connectivity index (χ2n) is 4.56. The van der Waals surface area contributed by atoms with Gasteiger partial charge in [-0.1, -0.05) is 0 Å². The maximum Gasteiger partial charge on any atom is 0.407 e. The van der Waals surface area contributed by atoms with Crippen molar-refractivity contribution in [2.45, 2.75) is 44.1 Å². The van der Waals surface area contributed by atoms with Crippen LogP contribution in [0.15, 0.2) is 0 Å². The summed E-state index contributed by atoms with van der Waals surface area (Å²) >= 11 is 0. The highest BCUT2D eigenvalue weighted by Crippen LogP contribution is 2.24. The van der Waals surface area contributed by atoms with Crippen LogP contribution in [0.5, 0.6) is 0 Å². The maximum absolute atomic E-state index is 10.9. The molecule has 3 atom stereocenters. The van der Waals surface area contributed by atoms with Gasteiger partial charge in [0.15, 0.2) is 6.29 Å². The molecule has 0 aromatic carbocycles. The van der Waals surface area contributed by atoms with Crippen LogP contribution in [0, 0.1) is 0 Å². The molecule has 0 aromatic rings. The number of aliphatic hydroxyl groups excluding tert-OH is 1. The minimum atomic E-state index is -1.00. The van der Waals surface area contributed by atoms with E-state index in [1.807, 2.05) is 0 Å². The van der Waals surface area contributed by atoms with Gasteiger partial charge in [0.25, 0.3) is 0 Å². The second-order valence-corrected chi connectivity index (χ2v) is 4.56. The molecule has 0 spiro atoms. The Morgan fingerprint density at radius 3 is 2.82 bits per heavy atom. The lowest BCUT2D eigenvalue weighted by Gasteiger charge is -2.25. The molecule has 6 nitrogen and oxygen atoms in total. The zero-order valence-electron chi connectivity index (χ0n) is 9.75. The molecule has 2 aliphatic heterocycles. The molecule has 2 aliphatic rings. The minimum absolute atomic E-state index is 0.155. The van der Waals surface area contributed by atoms with Crippen molar-refractivity contribution in [3.05, 3.63) is 0 Å². The summed E-state index contributed by atoms with van der Waals surface area (Å²) < 4.78 is 11.2. The fourth-order valence-corrected chi connectivity index (χ4v) is 2.41. The van der Waals surface area contributed by atoms with Gasteiger partial charge in [0, 0.05) is 6.61 Å². The fourth-order valence-electron chi connectivity index (χ4n) is 2.41. The first-order valence-corrected chi connectivity index (χ1v) is 6.08. The van der Waals surface area contributed by atoms with Crippen molar-refractivity contribution in [1.82, 2.24) is 4.90 Å². The lowest BCUT2D eigenvalue weighted by molar-refractivity contribution is -0.184. The molecular formula is C11H19NO5.